The maximum Gasteiger partial charge on any atom is -0.0174 e. The molecule has 0 N–H and O–H groups in total. The molecule has 0 amide bonds. The van der Waals surface area contributed by atoms with E-state index < -0.39 is 0 Å². The van der Waals surface area contributed by atoms with Crippen LogP contribution in [0.5, 0.6) is 0 Å². The summed E-state index contributed by atoms with van der Waals surface area (Å²) in [5, 5.41) is 0. The molecule has 0 atom stereocenters. The number of allylic oxidation sites excluding steroid dienone is 9. The smallest absolute Gasteiger partial charge is 0.0174 e. The third-order valence-electron chi connectivity index (χ3n) is 3.93. The van der Waals surface area contributed by atoms with Gasteiger partial charge < -0.3 is 0 Å². The number of hydrogen-bond acceptors (Lipinski definition) is 0. The molecule has 0 unspecified atom stereocenters. The van der Waals surface area contributed by atoms with E-state index in [9.17, 15) is 0 Å². The first-order valence-corrected chi connectivity index (χ1v) is 8.15. The highest BCUT2D eigenvalue weighted by Gasteiger charge is 2.08. The summed E-state index contributed by atoms with van der Waals surface area (Å²) in [4.78, 5) is 0. The van der Waals surface area contributed by atoms with Crippen molar-refractivity contribution in [3.63, 3.8) is 0 Å². The molecule has 0 radical (unpaired) electrons. The molecule has 0 saturated heterocycles. The van der Waals surface area contributed by atoms with Crippen molar-refractivity contribution in [2.24, 2.45) is 11.3 Å². The molecule has 0 aromatic carbocycles. The Bertz CT molecular complexity index is 437. The van der Waals surface area contributed by atoms with Gasteiger partial charge in [0, 0.05) is 0 Å². The lowest BCUT2D eigenvalue weighted by molar-refractivity contribution is 0.462. The highest BCUT2D eigenvalue weighted by Crippen LogP contribution is 2.22. The predicted octanol–water partition coefficient (Wildman–Crippen LogP) is 7.03. The lowest BCUT2D eigenvalue weighted by Crippen LogP contribution is -2.04. The van der Waals surface area contributed by atoms with Crippen molar-refractivity contribution in [1.29, 1.82) is 0 Å². The lowest BCUT2D eigenvalue weighted by atomic mass is 9.89. The highest BCUT2D eigenvalue weighted by atomic mass is 14.1. The zero-order valence-corrected chi connectivity index (χ0v) is 15.2. The van der Waals surface area contributed by atoms with E-state index in [4.69, 9.17) is 0 Å². The quantitative estimate of drug-likeness (QED) is 0.420. The van der Waals surface area contributed by atoms with Crippen LogP contribution in [0.3, 0.4) is 0 Å². The van der Waals surface area contributed by atoms with Gasteiger partial charge in [0.1, 0.15) is 0 Å². The Hall–Kier alpha value is -1.30. The fourth-order valence-electron chi connectivity index (χ4n) is 1.47. The standard InChI is InChI=1S/C21H34/c1-9-20(14-12-19(6)17(3)4)13-11-18(5)15-16-21(7,8)10-2/h11-17H,6,9-10H2,1-5,7-8H3. The van der Waals surface area contributed by atoms with Crippen LogP contribution in [0.25, 0.3) is 0 Å². The Morgan fingerprint density at radius 1 is 1.05 bits per heavy atom. The van der Waals surface area contributed by atoms with Crippen molar-refractivity contribution in [3.8, 4) is 0 Å². The van der Waals surface area contributed by atoms with Crippen LogP contribution >= 0.6 is 0 Å². The van der Waals surface area contributed by atoms with Gasteiger partial charge in [0.15, 0.2) is 0 Å². The molecule has 0 heteroatoms. The van der Waals surface area contributed by atoms with Crippen LogP contribution in [0, 0.1) is 11.3 Å². The summed E-state index contributed by atoms with van der Waals surface area (Å²) in [7, 11) is 0. The van der Waals surface area contributed by atoms with Gasteiger partial charge in [-0.15, -0.1) is 0 Å². The summed E-state index contributed by atoms with van der Waals surface area (Å²) in [6.45, 7) is 19.5. The zero-order valence-electron chi connectivity index (χ0n) is 15.2. The van der Waals surface area contributed by atoms with Gasteiger partial charge in [-0.3, -0.25) is 0 Å². The van der Waals surface area contributed by atoms with Crippen LogP contribution in [0.15, 0.2) is 59.8 Å². The van der Waals surface area contributed by atoms with Crippen molar-refractivity contribution < 1.29 is 0 Å². The Morgan fingerprint density at radius 3 is 2.14 bits per heavy atom. The first kappa shape index (κ1) is 19.7. The Labute approximate surface area is 133 Å². The molecule has 0 spiro atoms. The highest BCUT2D eigenvalue weighted by molar-refractivity contribution is 5.32. The largest absolute Gasteiger partial charge is 0.0956 e. The maximum atomic E-state index is 4.08. The Balaban J connectivity index is 4.87. The minimum absolute atomic E-state index is 0.279. The van der Waals surface area contributed by atoms with Crippen LogP contribution in [0.4, 0.5) is 0 Å². The molecule has 0 nitrogen and oxygen atoms in total. The number of hydrogen-bond donors (Lipinski definition) is 0. The molecule has 0 aliphatic rings. The van der Waals surface area contributed by atoms with Crippen LogP contribution in [-0.2, 0) is 0 Å². The Kier molecular flexibility index (Phi) is 9.01. The van der Waals surface area contributed by atoms with Crippen LogP contribution < -0.4 is 0 Å². The molecule has 118 valence electrons. The molecule has 0 aromatic rings. The SMILES string of the molecule is C=C(C=CC(=CC=C(C)C=CC(C)(C)CC)CC)C(C)C. The first-order chi connectivity index (χ1) is 9.71. The number of rotatable bonds is 8. The van der Waals surface area contributed by atoms with Gasteiger partial charge in [0.05, 0.1) is 0 Å². The van der Waals surface area contributed by atoms with Gasteiger partial charge >= 0.3 is 0 Å². The molecular weight excluding hydrogens is 252 g/mol. The van der Waals surface area contributed by atoms with E-state index in [1.54, 1.807) is 0 Å². The third kappa shape index (κ3) is 9.28. The molecule has 0 rings (SSSR count). The summed E-state index contributed by atoms with van der Waals surface area (Å²) in [5.41, 5.74) is 4.08. The monoisotopic (exact) mass is 286 g/mol. The van der Waals surface area contributed by atoms with Crippen molar-refractivity contribution in [2.45, 2.75) is 61.3 Å². The second kappa shape index (κ2) is 9.60. The average Bonchev–Trinajstić information content (AvgIpc) is 2.44. The van der Waals surface area contributed by atoms with E-state index in [2.05, 4.69) is 91.5 Å². The van der Waals surface area contributed by atoms with E-state index in [0.29, 0.717) is 5.92 Å². The van der Waals surface area contributed by atoms with Gasteiger partial charge in [-0.2, -0.15) is 0 Å². The maximum absolute atomic E-state index is 4.08. The molecule has 0 aliphatic heterocycles. The van der Waals surface area contributed by atoms with Crippen molar-refractivity contribution in [1.82, 2.24) is 0 Å². The van der Waals surface area contributed by atoms with E-state index in [-0.39, 0.29) is 5.41 Å². The minimum Gasteiger partial charge on any atom is -0.0956 e. The zero-order chi connectivity index (χ0) is 16.5. The van der Waals surface area contributed by atoms with E-state index in [0.717, 1.165) is 12.8 Å². The van der Waals surface area contributed by atoms with E-state index in [1.807, 2.05) is 0 Å². The second-order valence-electron chi connectivity index (χ2n) is 6.74. The molecular formula is C21H34. The summed E-state index contributed by atoms with van der Waals surface area (Å²) >= 11 is 0. The topological polar surface area (TPSA) is 0 Å². The molecule has 0 aromatic heterocycles. The van der Waals surface area contributed by atoms with Crippen molar-refractivity contribution >= 4 is 0 Å². The fourth-order valence-corrected chi connectivity index (χ4v) is 1.47. The van der Waals surface area contributed by atoms with Crippen LogP contribution in [-0.4, -0.2) is 0 Å². The van der Waals surface area contributed by atoms with Crippen LogP contribution in [0.1, 0.15) is 61.3 Å². The second-order valence-corrected chi connectivity index (χ2v) is 6.74. The van der Waals surface area contributed by atoms with Gasteiger partial charge in [-0.05, 0) is 36.7 Å². The third-order valence-corrected chi connectivity index (χ3v) is 3.93. The fraction of sp³-hybridized carbons (Fsp3) is 0.524. The van der Waals surface area contributed by atoms with Crippen molar-refractivity contribution in [3.05, 3.63) is 59.8 Å². The minimum atomic E-state index is 0.279. The molecule has 0 aliphatic carbocycles. The van der Waals surface area contributed by atoms with E-state index in [1.165, 1.54) is 16.7 Å². The molecule has 0 fully saturated rings. The summed E-state index contributed by atoms with van der Waals surface area (Å²) < 4.78 is 0. The molecule has 0 heterocycles. The van der Waals surface area contributed by atoms with Crippen LogP contribution in [0.2, 0.25) is 0 Å². The van der Waals surface area contributed by atoms with E-state index >= 15 is 0 Å². The normalized spacial score (nSPS) is 14.7. The van der Waals surface area contributed by atoms with Gasteiger partial charge in [-0.1, -0.05) is 95.7 Å². The molecule has 21 heavy (non-hydrogen) atoms. The first-order valence-electron chi connectivity index (χ1n) is 8.15. The molecule has 0 bridgehead atoms. The van der Waals surface area contributed by atoms with Gasteiger partial charge in [-0.25, -0.2) is 0 Å². The Morgan fingerprint density at radius 2 is 1.67 bits per heavy atom. The lowest BCUT2D eigenvalue weighted by Gasteiger charge is -2.16. The van der Waals surface area contributed by atoms with Crippen molar-refractivity contribution in [2.75, 3.05) is 0 Å². The molecule has 0 saturated carbocycles. The van der Waals surface area contributed by atoms with Gasteiger partial charge in [0.25, 0.3) is 0 Å². The summed E-state index contributed by atoms with van der Waals surface area (Å²) in [5.74, 6) is 0.510. The van der Waals surface area contributed by atoms with Gasteiger partial charge in [0.2, 0.25) is 0 Å². The predicted molar refractivity (Wildman–Crippen MR) is 98.5 cm³/mol. The average molecular weight is 287 g/mol. The summed E-state index contributed by atoms with van der Waals surface area (Å²) in [6.07, 6.45) is 15.5. The summed E-state index contributed by atoms with van der Waals surface area (Å²) in [6, 6.07) is 0.